The van der Waals surface area contributed by atoms with Gasteiger partial charge in [0.15, 0.2) is 5.75 Å². The van der Waals surface area contributed by atoms with E-state index in [4.69, 9.17) is 9.84 Å². The lowest BCUT2D eigenvalue weighted by Gasteiger charge is -2.19. The van der Waals surface area contributed by atoms with E-state index in [9.17, 15) is 14.7 Å². The van der Waals surface area contributed by atoms with Crippen molar-refractivity contribution < 1.29 is 19.7 Å². The number of amides is 1. The predicted molar refractivity (Wildman–Crippen MR) is 63.8 cm³/mol. The molecule has 0 bridgehead atoms. The Labute approximate surface area is 104 Å². The summed E-state index contributed by atoms with van der Waals surface area (Å²) in [5.41, 5.74) is -0.320. The maximum atomic E-state index is 11.4. The van der Waals surface area contributed by atoms with Gasteiger partial charge in [-0.1, -0.05) is 0 Å². The van der Waals surface area contributed by atoms with Gasteiger partial charge in [0, 0.05) is 25.9 Å². The largest absolute Gasteiger partial charge is 0.503 e. The fraction of sp³-hybridized carbons (Fsp3) is 0.455. The molecule has 1 unspecified atom stereocenters. The fourth-order valence-corrected chi connectivity index (χ4v) is 1.67. The molecule has 0 radical (unpaired) electrons. The topological polar surface area (TPSA) is 101 Å². The van der Waals surface area contributed by atoms with Crippen molar-refractivity contribution in [2.24, 2.45) is 0 Å². The molecule has 1 amide bonds. The van der Waals surface area contributed by atoms with E-state index in [0.717, 1.165) is 0 Å². The van der Waals surface area contributed by atoms with Gasteiger partial charge in [-0.2, -0.15) is 0 Å². The molecule has 0 fully saturated rings. The Balaban J connectivity index is 3.15. The molecule has 0 aliphatic carbocycles. The molecule has 1 rings (SSSR count). The Hall–Kier alpha value is -2.02. The Bertz CT molecular complexity index is 483. The standard InChI is InChI=1S/C11H16N2O5/c1-7(12-11(16)17)9-10(15)8(14)3-4-13(9)5-6-18-2/h3-4,7,12,15H,5-6H2,1-2H3,(H,16,17). The summed E-state index contributed by atoms with van der Waals surface area (Å²) in [5, 5.41) is 20.6. The number of aromatic hydroxyl groups is 1. The van der Waals surface area contributed by atoms with E-state index in [1.165, 1.54) is 19.4 Å². The van der Waals surface area contributed by atoms with Crippen molar-refractivity contribution in [3.63, 3.8) is 0 Å². The molecular formula is C11H16N2O5. The number of pyridine rings is 1. The highest BCUT2D eigenvalue weighted by Crippen LogP contribution is 2.20. The zero-order valence-corrected chi connectivity index (χ0v) is 10.2. The highest BCUT2D eigenvalue weighted by atomic mass is 16.5. The summed E-state index contributed by atoms with van der Waals surface area (Å²) in [6.07, 6.45) is 0.271. The van der Waals surface area contributed by atoms with Crippen LogP contribution in [0, 0.1) is 0 Å². The summed E-state index contributed by atoms with van der Waals surface area (Å²) in [4.78, 5) is 22.0. The summed E-state index contributed by atoms with van der Waals surface area (Å²) in [6, 6.07) is 0.523. The van der Waals surface area contributed by atoms with Crippen LogP contribution < -0.4 is 10.7 Å². The Morgan fingerprint density at radius 3 is 2.83 bits per heavy atom. The van der Waals surface area contributed by atoms with Crippen LogP contribution in [0.1, 0.15) is 18.7 Å². The van der Waals surface area contributed by atoms with Crippen LogP contribution in [-0.4, -0.2) is 34.6 Å². The van der Waals surface area contributed by atoms with Crippen LogP contribution in [0.4, 0.5) is 4.79 Å². The first-order valence-electron chi connectivity index (χ1n) is 5.38. The molecule has 0 aliphatic heterocycles. The molecule has 100 valence electrons. The van der Waals surface area contributed by atoms with E-state index in [1.54, 1.807) is 11.5 Å². The quantitative estimate of drug-likeness (QED) is 0.713. The lowest BCUT2D eigenvalue weighted by molar-refractivity contribution is 0.182. The number of hydrogen-bond donors (Lipinski definition) is 3. The van der Waals surface area contributed by atoms with Crippen LogP contribution in [0.15, 0.2) is 17.1 Å². The number of rotatable bonds is 5. The van der Waals surface area contributed by atoms with Crippen molar-refractivity contribution in [2.45, 2.75) is 19.5 Å². The third kappa shape index (κ3) is 3.24. The van der Waals surface area contributed by atoms with Crippen molar-refractivity contribution in [2.75, 3.05) is 13.7 Å². The molecule has 0 saturated heterocycles. The van der Waals surface area contributed by atoms with Gasteiger partial charge >= 0.3 is 6.09 Å². The average Bonchev–Trinajstić information content (AvgIpc) is 2.29. The van der Waals surface area contributed by atoms with Gasteiger partial charge in [0.25, 0.3) is 0 Å². The van der Waals surface area contributed by atoms with E-state index in [1.807, 2.05) is 0 Å². The molecule has 0 aliphatic rings. The molecule has 0 spiro atoms. The predicted octanol–water partition coefficient (Wildman–Crippen LogP) is 0.529. The highest BCUT2D eigenvalue weighted by molar-refractivity contribution is 5.65. The summed E-state index contributed by atoms with van der Waals surface area (Å²) in [6.45, 7) is 2.34. The van der Waals surface area contributed by atoms with E-state index < -0.39 is 23.3 Å². The minimum absolute atomic E-state index is 0.224. The highest BCUT2D eigenvalue weighted by Gasteiger charge is 2.18. The van der Waals surface area contributed by atoms with E-state index in [0.29, 0.717) is 13.2 Å². The number of nitrogens with one attached hydrogen (secondary N) is 1. The molecule has 1 aromatic rings. The second-order valence-electron chi connectivity index (χ2n) is 3.77. The molecule has 1 heterocycles. The number of hydrogen-bond acceptors (Lipinski definition) is 4. The second-order valence-corrected chi connectivity index (χ2v) is 3.77. The van der Waals surface area contributed by atoms with Crippen molar-refractivity contribution in [3.8, 4) is 5.75 Å². The maximum Gasteiger partial charge on any atom is 0.405 e. The molecule has 7 heteroatoms. The minimum Gasteiger partial charge on any atom is -0.503 e. The third-order valence-corrected chi connectivity index (χ3v) is 2.48. The lowest BCUT2D eigenvalue weighted by atomic mass is 10.2. The number of carboxylic acid groups (broad SMARTS) is 1. The van der Waals surface area contributed by atoms with Crippen LogP contribution in [0.3, 0.4) is 0 Å². The van der Waals surface area contributed by atoms with Crippen LogP contribution in [0.5, 0.6) is 5.75 Å². The summed E-state index contributed by atoms with van der Waals surface area (Å²) < 4.78 is 6.50. The van der Waals surface area contributed by atoms with Gasteiger partial charge in [0.05, 0.1) is 18.3 Å². The lowest BCUT2D eigenvalue weighted by Crippen LogP contribution is -2.29. The van der Waals surface area contributed by atoms with Gasteiger partial charge in [-0.3, -0.25) is 4.79 Å². The van der Waals surface area contributed by atoms with Crippen molar-refractivity contribution >= 4 is 6.09 Å². The summed E-state index contributed by atoms with van der Waals surface area (Å²) >= 11 is 0. The first-order valence-corrected chi connectivity index (χ1v) is 5.38. The van der Waals surface area contributed by atoms with Crippen molar-refractivity contribution in [3.05, 3.63) is 28.2 Å². The van der Waals surface area contributed by atoms with Gasteiger partial charge in [-0.25, -0.2) is 4.79 Å². The molecule has 18 heavy (non-hydrogen) atoms. The van der Waals surface area contributed by atoms with Gasteiger partial charge in [-0.05, 0) is 6.92 Å². The Morgan fingerprint density at radius 2 is 2.28 bits per heavy atom. The van der Waals surface area contributed by atoms with Gasteiger partial charge in [0.1, 0.15) is 0 Å². The van der Waals surface area contributed by atoms with Gasteiger partial charge in [-0.15, -0.1) is 0 Å². The van der Waals surface area contributed by atoms with Crippen molar-refractivity contribution in [1.29, 1.82) is 0 Å². The SMILES string of the molecule is COCCn1ccc(=O)c(O)c1C(C)NC(=O)O. The Morgan fingerprint density at radius 1 is 1.61 bits per heavy atom. The van der Waals surface area contributed by atoms with E-state index >= 15 is 0 Å². The molecule has 7 nitrogen and oxygen atoms in total. The molecule has 0 saturated carbocycles. The number of carbonyl (C=O) groups is 1. The van der Waals surface area contributed by atoms with Crippen LogP contribution in [0.2, 0.25) is 0 Å². The van der Waals surface area contributed by atoms with Gasteiger partial charge < -0.3 is 24.8 Å². The monoisotopic (exact) mass is 256 g/mol. The minimum atomic E-state index is -1.23. The van der Waals surface area contributed by atoms with E-state index in [2.05, 4.69) is 5.32 Å². The smallest absolute Gasteiger partial charge is 0.405 e. The molecule has 0 aromatic carbocycles. The van der Waals surface area contributed by atoms with Crippen molar-refractivity contribution in [1.82, 2.24) is 9.88 Å². The molecule has 1 aromatic heterocycles. The first kappa shape index (κ1) is 14.0. The second kappa shape index (κ2) is 6.06. The van der Waals surface area contributed by atoms with Crippen LogP contribution in [0.25, 0.3) is 0 Å². The maximum absolute atomic E-state index is 11.4. The van der Waals surface area contributed by atoms with E-state index in [-0.39, 0.29) is 5.69 Å². The molecular weight excluding hydrogens is 240 g/mol. The summed E-state index contributed by atoms with van der Waals surface area (Å²) in [5.74, 6) is -0.449. The first-order chi connectivity index (χ1) is 8.47. The number of nitrogens with zero attached hydrogens (tertiary/aromatic N) is 1. The normalized spacial score (nSPS) is 12.1. The number of aromatic nitrogens is 1. The zero-order chi connectivity index (χ0) is 13.7. The fourth-order valence-electron chi connectivity index (χ4n) is 1.67. The average molecular weight is 256 g/mol. The third-order valence-electron chi connectivity index (χ3n) is 2.48. The molecule has 3 N–H and O–H groups in total. The van der Waals surface area contributed by atoms with Crippen LogP contribution >= 0.6 is 0 Å². The molecule has 1 atom stereocenters. The summed E-state index contributed by atoms with van der Waals surface area (Å²) in [7, 11) is 1.53. The number of methoxy groups -OCH3 is 1. The van der Waals surface area contributed by atoms with Crippen LogP contribution in [-0.2, 0) is 11.3 Å². The van der Waals surface area contributed by atoms with Gasteiger partial charge in [0.2, 0.25) is 5.43 Å². The number of ether oxygens (including phenoxy) is 1. The Kier molecular flexibility index (Phi) is 4.73. The zero-order valence-electron chi connectivity index (χ0n) is 10.2.